The first-order valence-corrected chi connectivity index (χ1v) is 8.53. The molecule has 1 N–H and O–H groups in total. The predicted octanol–water partition coefficient (Wildman–Crippen LogP) is 5.27. The lowest BCUT2D eigenvalue weighted by Crippen LogP contribution is -2.08. The molecule has 0 saturated carbocycles. The van der Waals surface area contributed by atoms with Crippen molar-refractivity contribution in [3.63, 3.8) is 0 Å². The van der Waals surface area contributed by atoms with Crippen LogP contribution in [0.4, 0.5) is 0 Å². The molecule has 3 rings (SSSR count). The molecular formula is C20H15ClOS. The fraction of sp³-hybridized carbons (Fsp3) is 0.100. The van der Waals surface area contributed by atoms with Crippen molar-refractivity contribution < 1.29 is 5.11 Å². The van der Waals surface area contributed by atoms with Gasteiger partial charge in [-0.3, -0.25) is 0 Å². The molecule has 0 radical (unpaired) electrons. The van der Waals surface area contributed by atoms with Crippen LogP contribution in [0.3, 0.4) is 0 Å². The number of aliphatic hydroxyl groups excluding tert-OH is 1. The van der Waals surface area contributed by atoms with Gasteiger partial charge in [-0.15, -0.1) is 11.3 Å². The second-order valence-electron chi connectivity index (χ2n) is 5.12. The maximum atomic E-state index is 10.8. The molecule has 3 aromatic rings. The summed E-state index contributed by atoms with van der Waals surface area (Å²) in [6, 6.07) is 21.1. The van der Waals surface area contributed by atoms with Gasteiger partial charge < -0.3 is 5.11 Å². The standard InChI is InChI=1S/C20H15ClOS/c21-17-11-9-16(10-12-17)20(22)18(19-7-4-14-23-19)13-8-15-5-2-1-3-6-15/h1-7,9-12,14,18,20,22H/t18?,20-/m1/s1. The average molecular weight is 339 g/mol. The molecule has 0 saturated heterocycles. The zero-order valence-electron chi connectivity index (χ0n) is 12.3. The van der Waals surface area contributed by atoms with E-state index in [-0.39, 0.29) is 5.92 Å². The van der Waals surface area contributed by atoms with Crippen LogP contribution in [-0.4, -0.2) is 5.11 Å². The fourth-order valence-corrected chi connectivity index (χ4v) is 3.24. The molecule has 0 aliphatic rings. The highest BCUT2D eigenvalue weighted by molar-refractivity contribution is 7.10. The number of rotatable bonds is 3. The topological polar surface area (TPSA) is 20.2 Å². The highest BCUT2D eigenvalue weighted by Gasteiger charge is 2.21. The van der Waals surface area contributed by atoms with Crippen LogP contribution in [0.5, 0.6) is 0 Å². The molecule has 0 fully saturated rings. The normalized spacial score (nSPS) is 13.0. The molecule has 2 aromatic carbocycles. The minimum atomic E-state index is -0.692. The Morgan fingerprint density at radius 1 is 0.913 bits per heavy atom. The highest BCUT2D eigenvalue weighted by atomic mass is 35.5. The molecule has 0 bridgehead atoms. The molecule has 114 valence electrons. The third-order valence-electron chi connectivity index (χ3n) is 3.52. The minimum absolute atomic E-state index is 0.267. The molecule has 1 aromatic heterocycles. The van der Waals surface area contributed by atoms with E-state index in [0.717, 1.165) is 16.0 Å². The van der Waals surface area contributed by atoms with E-state index in [1.807, 2.05) is 60.0 Å². The summed E-state index contributed by atoms with van der Waals surface area (Å²) < 4.78 is 0. The summed E-state index contributed by atoms with van der Waals surface area (Å²) >= 11 is 7.53. The number of benzene rings is 2. The second-order valence-corrected chi connectivity index (χ2v) is 6.54. The van der Waals surface area contributed by atoms with E-state index in [2.05, 4.69) is 11.8 Å². The van der Waals surface area contributed by atoms with Gasteiger partial charge in [0.15, 0.2) is 0 Å². The van der Waals surface area contributed by atoms with Crippen LogP contribution >= 0.6 is 22.9 Å². The van der Waals surface area contributed by atoms with E-state index in [4.69, 9.17) is 11.6 Å². The molecule has 2 atom stereocenters. The molecular weight excluding hydrogens is 324 g/mol. The maximum Gasteiger partial charge on any atom is 0.0976 e. The van der Waals surface area contributed by atoms with E-state index >= 15 is 0 Å². The molecule has 0 spiro atoms. The van der Waals surface area contributed by atoms with Gasteiger partial charge in [0.1, 0.15) is 0 Å². The van der Waals surface area contributed by atoms with Crippen LogP contribution in [0, 0.1) is 11.8 Å². The Balaban J connectivity index is 1.93. The zero-order chi connectivity index (χ0) is 16.1. The molecule has 1 heterocycles. The van der Waals surface area contributed by atoms with Crippen molar-refractivity contribution in [2.75, 3.05) is 0 Å². The summed E-state index contributed by atoms with van der Waals surface area (Å²) in [5.41, 5.74) is 1.76. The third-order valence-corrected chi connectivity index (χ3v) is 4.73. The summed E-state index contributed by atoms with van der Waals surface area (Å²) in [4.78, 5) is 1.05. The van der Waals surface area contributed by atoms with Crippen molar-refractivity contribution in [1.82, 2.24) is 0 Å². The number of aliphatic hydroxyl groups is 1. The number of halogens is 1. The SMILES string of the molecule is O[C@H](c1ccc(Cl)cc1)C(C#Cc1ccccc1)c1cccs1. The van der Waals surface area contributed by atoms with Crippen LogP contribution in [0.15, 0.2) is 72.1 Å². The molecule has 0 amide bonds. The van der Waals surface area contributed by atoms with Gasteiger partial charge in [-0.25, -0.2) is 0 Å². The fourth-order valence-electron chi connectivity index (χ4n) is 2.31. The van der Waals surface area contributed by atoms with Gasteiger partial charge in [-0.2, -0.15) is 0 Å². The van der Waals surface area contributed by atoms with Crippen molar-refractivity contribution in [2.24, 2.45) is 0 Å². The third kappa shape index (κ3) is 4.03. The molecule has 23 heavy (non-hydrogen) atoms. The summed E-state index contributed by atoms with van der Waals surface area (Å²) in [5, 5.41) is 13.4. The summed E-state index contributed by atoms with van der Waals surface area (Å²) in [7, 11) is 0. The van der Waals surface area contributed by atoms with Crippen LogP contribution in [0.2, 0.25) is 5.02 Å². The lowest BCUT2D eigenvalue weighted by atomic mass is 9.94. The number of hydrogen-bond donors (Lipinski definition) is 1. The number of hydrogen-bond acceptors (Lipinski definition) is 2. The Hall–Kier alpha value is -2.05. The molecule has 1 unspecified atom stereocenters. The van der Waals surface area contributed by atoms with Gasteiger partial charge in [-0.05, 0) is 41.3 Å². The molecule has 1 nitrogen and oxygen atoms in total. The van der Waals surface area contributed by atoms with Gasteiger partial charge in [0.25, 0.3) is 0 Å². The van der Waals surface area contributed by atoms with E-state index < -0.39 is 6.10 Å². The predicted molar refractivity (Wildman–Crippen MR) is 96.8 cm³/mol. The van der Waals surface area contributed by atoms with Gasteiger partial charge in [0, 0.05) is 15.5 Å². The van der Waals surface area contributed by atoms with E-state index in [0.29, 0.717) is 5.02 Å². The van der Waals surface area contributed by atoms with E-state index in [1.54, 1.807) is 23.5 Å². The molecule has 0 aliphatic carbocycles. The molecule has 3 heteroatoms. The Morgan fingerprint density at radius 3 is 2.30 bits per heavy atom. The first-order valence-electron chi connectivity index (χ1n) is 7.27. The van der Waals surface area contributed by atoms with Gasteiger partial charge in [-0.1, -0.05) is 59.8 Å². The van der Waals surface area contributed by atoms with Gasteiger partial charge in [0.05, 0.1) is 12.0 Å². The lowest BCUT2D eigenvalue weighted by Gasteiger charge is -2.17. The Labute approximate surface area is 145 Å². The smallest absolute Gasteiger partial charge is 0.0976 e. The van der Waals surface area contributed by atoms with Crippen LogP contribution in [0.1, 0.15) is 28.0 Å². The van der Waals surface area contributed by atoms with Crippen molar-refractivity contribution >= 4 is 22.9 Å². The maximum absolute atomic E-state index is 10.8. The van der Waals surface area contributed by atoms with Crippen LogP contribution in [-0.2, 0) is 0 Å². The highest BCUT2D eigenvalue weighted by Crippen LogP contribution is 2.33. The Bertz CT molecular complexity index is 798. The average Bonchev–Trinajstić information content (AvgIpc) is 3.11. The van der Waals surface area contributed by atoms with E-state index in [9.17, 15) is 5.11 Å². The van der Waals surface area contributed by atoms with Crippen molar-refractivity contribution in [1.29, 1.82) is 0 Å². The Kier molecular flexibility index (Phi) is 5.15. The second kappa shape index (κ2) is 7.48. The Morgan fingerprint density at radius 2 is 1.65 bits per heavy atom. The van der Waals surface area contributed by atoms with Gasteiger partial charge >= 0.3 is 0 Å². The van der Waals surface area contributed by atoms with Crippen LogP contribution < -0.4 is 0 Å². The first kappa shape index (κ1) is 15.8. The number of thiophene rings is 1. The van der Waals surface area contributed by atoms with E-state index in [1.165, 1.54) is 0 Å². The molecule has 0 aliphatic heterocycles. The van der Waals surface area contributed by atoms with Crippen LogP contribution in [0.25, 0.3) is 0 Å². The first-order chi connectivity index (χ1) is 11.2. The summed E-state index contributed by atoms with van der Waals surface area (Å²) in [6.07, 6.45) is -0.692. The monoisotopic (exact) mass is 338 g/mol. The summed E-state index contributed by atoms with van der Waals surface area (Å²) in [5.74, 6) is 6.13. The van der Waals surface area contributed by atoms with Crippen molar-refractivity contribution in [2.45, 2.75) is 12.0 Å². The summed E-state index contributed by atoms with van der Waals surface area (Å²) in [6.45, 7) is 0. The van der Waals surface area contributed by atoms with Crippen molar-refractivity contribution in [3.8, 4) is 11.8 Å². The quantitative estimate of drug-likeness (QED) is 0.645. The minimum Gasteiger partial charge on any atom is -0.387 e. The van der Waals surface area contributed by atoms with Gasteiger partial charge in [0.2, 0.25) is 0 Å². The largest absolute Gasteiger partial charge is 0.387 e. The lowest BCUT2D eigenvalue weighted by molar-refractivity contribution is 0.166. The zero-order valence-corrected chi connectivity index (χ0v) is 13.9. The van der Waals surface area contributed by atoms with Crippen molar-refractivity contribution in [3.05, 3.63) is 93.1 Å².